The van der Waals surface area contributed by atoms with Gasteiger partial charge in [0, 0.05) is 0 Å². The first-order valence-corrected chi connectivity index (χ1v) is 16.8. The van der Waals surface area contributed by atoms with Gasteiger partial charge in [0.25, 0.3) is 0 Å². The number of carbonyl (C=O) groups is 2. The Morgan fingerprint density at radius 1 is 1.05 bits per heavy atom. The van der Waals surface area contributed by atoms with Crippen LogP contribution in [-0.4, -0.2) is 38.9 Å². The Balaban J connectivity index is 1.68. The minimum atomic E-state index is -2.17. The Morgan fingerprint density at radius 2 is 1.73 bits per heavy atom. The molecule has 210 valence electrons. The molecule has 1 aliphatic heterocycles. The summed E-state index contributed by atoms with van der Waals surface area (Å²) in [6, 6.07) is 24.4. The topological polar surface area (TPSA) is 74.3 Å². The first-order chi connectivity index (χ1) is 19.2. The van der Waals surface area contributed by atoms with Crippen molar-refractivity contribution in [1.82, 2.24) is 4.90 Å². The van der Waals surface area contributed by atoms with Crippen molar-refractivity contribution in [2.75, 3.05) is 13.7 Å². The lowest BCUT2D eigenvalue weighted by Crippen LogP contribution is -2.43. The maximum atomic E-state index is 14.2. The van der Waals surface area contributed by atoms with E-state index in [9.17, 15) is 9.59 Å². The summed E-state index contributed by atoms with van der Waals surface area (Å²) in [4.78, 5) is 28.3. The van der Waals surface area contributed by atoms with Gasteiger partial charge in [-0.2, -0.15) is 0 Å². The van der Waals surface area contributed by atoms with Gasteiger partial charge in [0.1, 0.15) is 19.3 Å². The first-order valence-electron chi connectivity index (χ1n) is 13.4. The van der Waals surface area contributed by atoms with E-state index in [0.29, 0.717) is 24.5 Å². The zero-order chi connectivity index (χ0) is 28.7. The molecule has 0 aliphatic carbocycles. The second kappa shape index (κ2) is 13.0. The number of rotatable bonds is 12. The van der Waals surface area contributed by atoms with Gasteiger partial charge < -0.3 is 18.6 Å². The molecule has 3 aromatic carbocycles. The van der Waals surface area contributed by atoms with Gasteiger partial charge in [-0.1, -0.05) is 72.8 Å². The van der Waals surface area contributed by atoms with E-state index < -0.39 is 32.5 Å². The molecule has 40 heavy (non-hydrogen) atoms. The van der Waals surface area contributed by atoms with Crippen LogP contribution in [0, 0.1) is 5.92 Å². The maximum absolute atomic E-state index is 14.2. The van der Waals surface area contributed by atoms with E-state index in [4.69, 9.17) is 18.6 Å². The zero-order valence-corrected chi connectivity index (χ0v) is 24.5. The average Bonchev–Trinajstić information content (AvgIpc) is 3.35. The Morgan fingerprint density at radius 3 is 2.35 bits per heavy atom. The Hall–Kier alpha value is -3.88. The minimum absolute atomic E-state index is 0.107. The molecule has 0 saturated carbocycles. The van der Waals surface area contributed by atoms with E-state index in [0.717, 1.165) is 16.7 Å². The summed E-state index contributed by atoms with van der Waals surface area (Å²) in [6.45, 7) is 10.6. The van der Waals surface area contributed by atoms with Crippen molar-refractivity contribution in [3.63, 3.8) is 0 Å². The van der Waals surface area contributed by atoms with Crippen molar-refractivity contribution in [1.29, 1.82) is 0 Å². The molecule has 1 aliphatic rings. The zero-order valence-electron chi connectivity index (χ0n) is 23.5. The summed E-state index contributed by atoms with van der Waals surface area (Å²) in [5.41, 5.74) is 2.63. The normalized spacial score (nSPS) is 16.6. The molecule has 0 spiro atoms. The molecule has 0 aromatic heterocycles. The molecular weight excluding hydrogens is 522 g/mol. The van der Waals surface area contributed by atoms with E-state index in [2.05, 4.69) is 26.2 Å². The number of carbonyl (C=O) groups excluding carboxylic acids is 2. The van der Waals surface area contributed by atoms with Crippen molar-refractivity contribution in [2.24, 2.45) is 5.92 Å². The van der Waals surface area contributed by atoms with Crippen LogP contribution in [0.25, 0.3) is 0 Å². The smallest absolute Gasteiger partial charge is 0.417 e. The number of allylic oxidation sites excluding steroid dienone is 1. The van der Waals surface area contributed by atoms with Crippen LogP contribution in [0.3, 0.4) is 0 Å². The largest absolute Gasteiger partial charge is 0.493 e. The molecule has 7 nitrogen and oxygen atoms in total. The van der Waals surface area contributed by atoms with Crippen molar-refractivity contribution < 1.29 is 28.2 Å². The van der Waals surface area contributed by atoms with Gasteiger partial charge in [-0.25, -0.2) is 9.69 Å². The third-order valence-electron chi connectivity index (χ3n) is 6.63. The number of benzene rings is 3. The molecule has 1 heterocycles. The quantitative estimate of drug-likeness (QED) is 0.174. The van der Waals surface area contributed by atoms with Crippen molar-refractivity contribution >= 4 is 20.3 Å². The van der Waals surface area contributed by atoms with Gasteiger partial charge >= 0.3 is 6.09 Å². The van der Waals surface area contributed by atoms with Gasteiger partial charge in [0.05, 0.1) is 19.1 Å². The molecule has 8 heteroatoms. The van der Waals surface area contributed by atoms with Crippen LogP contribution >= 0.6 is 0 Å². The number of imide groups is 1. The SMILES string of the molecule is C=CC[C@H](C(=O)N1C(=O)OC[C@H]1c1ccccc1)[C@@H](O[Si](C)(C)C)c1ccc(OCc2ccccc2)c(OC)c1. The lowest BCUT2D eigenvalue weighted by atomic mass is 9.90. The van der Waals surface area contributed by atoms with Crippen LogP contribution in [0.1, 0.15) is 35.3 Å². The average molecular weight is 560 g/mol. The highest BCUT2D eigenvalue weighted by Crippen LogP contribution is 2.40. The Bertz CT molecular complexity index is 1310. The van der Waals surface area contributed by atoms with Crippen LogP contribution in [0.4, 0.5) is 4.79 Å². The van der Waals surface area contributed by atoms with E-state index in [-0.39, 0.29) is 12.5 Å². The third-order valence-corrected chi connectivity index (χ3v) is 7.59. The molecule has 0 N–H and O–H groups in total. The van der Waals surface area contributed by atoms with Crippen LogP contribution in [-0.2, 0) is 20.6 Å². The van der Waals surface area contributed by atoms with E-state index in [1.54, 1.807) is 13.2 Å². The summed E-state index contributed by atoms with van der Waals surface area (Å²) < 4.78 is 23.8. The van der Waals surface area contributed by atoms with Crippen LogP contribution in [0.5, 0.6) is 11.5 Å². The minimum Gasteiger partial charge on any atom is -0.493 e. The fourth-order valence-corrected chi connectivity index (χ4v) is 5.84. The fourth-order valence-electron chi connectivity index (χ4n) is 4.78. The second-order valence-corrected chi connectivity index (χ2v) is 15.1. The fraction of sp³-hybridized carbons (Fsp3) is 0.312. The number of ether oxygens (including phenoxy) is 3. The van der Waals surface area contributed by atoms with E-state index in [1.807, 2.05) is 78.9 Å². The number of hydrogen-bond donors (Lipinski definition) is 0. The molecule has 2 amide bonds. The number of methoxy groups -OCH3 is 1. The lowest BCUT2D eigenvalue weighted by Gasteiger charge is -2.34. The predicted octanol–water partition coefficient (Wildman–Crippen LogP) is 7.08. The number of nitrogens with zero attached hydrogens (tertiary/aromatic N) is 1. The second-order valence-electron chi connectivity index (χ2n) is 10.7. The molecule has 0 unspecified atom stereocenters. The van der Waals surface area contributed by atoms with Gasteiger partial charge in [0.2, 0.25) is 5.91 Å². The van der Waals surface area contributed by atoms with Gasteiger partial charge in [-0.05, 0) is 54.9 Å². The highest BCUT2D eigenvalue weighted by molar-refractivity contribution is 6.69. The third kappa shape index (κ3) is 7.00. The Labute approximate surface area is 237 Å². The summed E-state index contributed by atoms with van der Waals surface area (Å²) in [6.07, 6.45) is 0.714. The molecular formula is C32H37NO6Si. The maximum Gasteiger partial charge on any atom is 0.417 e. The number of cyclic esters (lactones) is 1. The van der Waals surface area contributed by atoms with Crippen LogP contribution < -0.4 is 9.47 Å². The van der Waals surface area contributed by atoms with Gasteiger partial charge in [-0.15, -0.1) is 6.58 Å². The van der Waals surface area contributed by atoms with Crippen molar-refractivity contribution in [3.8, 4) is 11.5 Å². The van der Waals surface area contributed by atoms with E-state index in [1.165, 1.54) is 4.90 Å². The van der Waals surface area contributed by atoms with E-state index >= 15 is 0 Å². The molecule has 0 bridgehead atoms. The van der Waals surface area contributed by atoms with Crippen molar-refractivity contribution in [3.05, 3.63) is 108 Å². The Kier molecular flexibility index (Phi) is 9.45. The summed E-state index contributed by atoms with van der Waals surface area (Å²) >= 11 is 0. The highest BCUT2D eigenvalue weighted by Gasteiger charge is 2.44. The van der Waals surface area contributed by atoms with Crippen molar-refractivity contribution in [2.45, 2.75) is 44.8 Å². The van der Waals surface area contributed by atoms with Crippen LogP contribution in [0.2, 0.25) is 19.6 Å². The molecule has 1 saturated heterocycles. The standard InChI is InChI=1S/C32H37NO6Si/c1-6-13-26(31(34)33-27(22-38-32(33)35)24-16-11-8-12-17-24)30(39-40(3,4)5)25-18-19-28(29(20-25)36-2)37-21-23-14-9-7-10-15-23/h6-12,14-20,26-27,30H,1,13,21-22H2,2-5H3/t26-,27-,30-/m0/s1. The van der Waals surface area contributed by atoms with Gasteiger partial charge in [-0.3, -0.25) is 4.79 Å². The van der Waals surface area contributed by atoms with Gasteiger partial charge in [0.15, 0.2) is 19.8 Å². The molecule has 3 aromatic rings. The first kappa shape index (κ1) is 29.1. The molecule has 4 rings (SSSR count). The summed E-state index contributed by atoms with van der Waals surface area (Å²) in [7, 11) is -0.589. The monoisotopic (exact) mass is 559 g/mol. The predicted molar refractivity (Wildman–Crippen MR) is 157 cm³/mol. The number of hydrogen-bond acceptors (Lipinski definition) is 6. The van der Waals surface area contributed by atoms with Crippen LogP contribution in [0.15, 0.2) is 91.5 Å². The summed E-state index contributed by atoms with van der Waals surface area (Å²) in [5.74, 6) is 0.0515. The molecule has 3 atom stereocenters. The highest BCUT2D eigenvalue weighted by atomic mass is 28.4. The number of amides is 2. The summed E-state index contributed by atoms with van der Waals surface area (Å²) in [5, 5.41) is 0. The lowest BCUT2D eigenvalue weighted by molar-refractivity contribution is -0.137. The molecule has 1 fully saturated rings. The molecule has 0 radical (unpaired) electrons.